The highest BCUT2D eigenvalue weighted by Gasteiger charge is 2.15. The van der Waals surface area contributed by atoms with E-state index in [0.717, 1.165) is 6.54 Å². The van der Waals surface area contributed by atoms with Gasteiger partial charge in [0.05, 0.1) is 7.11 Å². The second-order valence-electron chi connectivity index (χ2n) is 3.66. The highest BCUT2D eigenvalue weighted by Crippen LogP contribution is 2.19. The lowest BCUT2D eigenvalue weighted by molar-refractivity contribution is -0.136. The first-order chi connectivity index (χ1) is 7.52. The van der Waals surface area contributed by atoms with Crippen molar-refractivity contribution >= 4 is 5.97 Å². The maximum atomic E-state index is 10.5. The number of carboxylic acids is 1. The summed E-state index contributed by atoms with van der Waals surface area (Å²) < 4.78 is 10.3. The van der Waals surface area contributed by atoms with Gasteiger partial charge in [-0.05, 0) is 14.1 Å². The minimum Gasteiger partial charge on any atom is -0.481 e. The summed E-state index contributed by atoms with van der Waals surface area (Å²) in [4.78, 5) is 16.5. The molecular weight excluding hydrogens is 212 g/mol. The smallest absolute Gasteiger partial charge is 0.312 e. The number of carboxylic acid groups (broad SMARTS) is 1. The normalized spacial score (nSPS) is 10.8. The van der Waals surface area contributed by atoms with Crippen LogP contribution < -0.4 is 4.74 Å². The average Bonchev–Trinajstić information content (AvgIpc) is 2.56. The molecule has 0 amide bonds. The van der Waals surface area contributed by atoms with Crippen LogP contribution in [0.4, 0.5) is 0 Å². The van der Waals surface area contributed by atoms with Crippen LogP contribution in [-0.4, -0.2) is 48.7 Å². The van der Waals surface area contributed by atoms with Gasteiger partial charge in [-0.2, -0.15) is 4.98 Å². The van der Waals surface area contributed by atoms with Gasteiger partial charge in [0.15, 0.2) is 5.76 Å². The molecule has 6 nitrogen and oxygen atoms in total. The van der Waals surface area contributed by atoms with Crippen molar-refractivity contribution in [2.75, 3.05) is 27.7 Å². The van der Waals surface area contributed by atoms with Crippen LogP contribution in [0.15, 0.2) is 4.42 Å². The second-order valence-corrected chi connectivity index (χ2v) is 3.66. The molecule has 1 aromatic rings. The van der Waals surface area contributed by atoms with Crippen molar-refractivity contribution in [1.29, 1.82) is 0 Å². The number of ether oxygens (including phenoxy) is 1. The Morgan fingerprint density at radius 1 is 1.56 bits per heavy atom. The number of hydrogen-bond acceptors (Lipinski definition) is 5. The highest BCUT2D eigenvalue weighted by atomic mass is 16.5. The molecule has 0 bridgehead atoms. The molecule has 1 N–H and O–H groups in total. The van der Waals surface area contributed by atoms with E-state index in [1.807, 2.05) is 19.0 Å². The Morgan fingerprint density at radius 2 is 2.25 bits per heavy atom. The van der Waals surface area contributed by atoms with Crippen LogP contribution in [0, 0.1) is 0 Å². The Kier molecular flexibility index (Phi) is 4.30. The summed E-state index contributed by atoms with van der Waals surface area (Å²) in [7, 11) is 5.38. The molecule has 0 aliphatic carbocycles. The van der Waals surface area contributed by atoms with Gasteiger partial charge in [0.1, 0.15) is 6.42 Å². The van der Waals surface area contributed by atoms with E-state index in [9.17, 15) is 4.79 Å². The van der Waals surface area contributed by atoms with Gasteiger partial charge >= 0.3 is 5.97 Å². The van der Waals surface area contributed by atoms with E-state index in [1.165, 1.54) is 7.11 Å². The molecule has 16 heavy (non-hydrogen) atoms. The number of methoxy groups -OCH3 is 1. The summed E-state index contributed by atoms with van der Waals surface area (Å²) in [6.45, 7) is 0.790. The first-order valence-electron chi connectivity index (χ1n) is 4.92. The molecule has 0 spiro atoms. The van der Waals surface area contributed by atoms with Gasteiger partial charge in [0.25, 0.3) is 5.88 Å². The monoisotopic (exact) mass is 228 g/mol. The molecule has 1 aromatic heterocycles. The number of aliphatic carboxylic acids is 1. The fraction of sp³-hybridized carbons (Fsp3) is 0.600. The molecule has 0 aromatic carbocycles. The zero-order chi connectivity index (χ0) is 12.1. The van der Waals surface area contributed by atoms with E-state index in [1.54, 1.807) is 0 Å². The topological polar surface area (TPSA) is 75.8 Å². The van der Waals surface area contributed by atoms with E-state index in [2.05, 4.69) is 4.98 Å². The van der Waals surface area contributed by atoms with Gasteiger partial charge in [-0.3, -0.25) is 4.79 Å². The summed E-state index contributed by atoms with van der Waals surface area (Å²) in [6.07, 6.45) is 0.418. The Bertz CT molecular complexity index is 360. The van der Waals surface area contributed by atoms with Crippen molar-refractivity contribution in [3.63, 3.8) is 0 Å². The van der Waals surface area contributed by atoms with Crippen LogP contribution in [0.2, 0.25) is 0 Å². The maximum Gasteiger partial charge on any atom is 0.312 e. The van der Waals surface area contributed by atoms with Crippen LogP contribution in [0.5, 0.6) is 5.88 Å². The lowest BCUT2D eigenvalue weighted by Crippen LogP contribution is -2.15. The number of oxazole rings is 1. The molecule has 0 saturated carbocycles. The maximum absolute atomic E-state index is 10.5. The van der Waals surface area contributed by atoms with E-state index >= 15 is 0 Å². The van der Waals surface area contributed by atoms with E-state index in [0.29, 0.717) is 18.1 Å². The minimum absolute atomic E-state index is 0.179. The molecule has 0 aliphatic heterocycles. The van der Waals surface area contributed by atoms with Gasteiger partial charge in [0, 0.05) is 13.0 Å². The van der Waals surface area contributed by atoms with Crippen LogP contribution in [0.1, 0.15) is 11.7 Å². The van der Waals surface area contributed by atoms with Crippen LogP contribution in [-0.2, 0) is 17.6 Å². The molecule has 1 heterocycles. The molecule has 0 fully saturated rings. The summed E-state index contributed by atoms with van der Waals surface area (Å²) in [5.41, 5.74) is 0. The Labute approximate surface area is 93.8 Å². The summed E-state index contributed by atoms with van der Waals surface area (Å²) in [6, 6.07) is 0. The zero-order valence-corrected chi connectivity index (χ0v) is 9.69. The van der Waals surface area contributed by atoms with Crippen LogP contribution in [0.3, 0.4) is 0 Å². The van der Waals surface area contributed by atoms with Crippen molar-refractivity contribution < 1.29 is 19.1 Å². The summed E-state index contributed by atoms with van der Waals surface area (Å²) >= 11 is 0. The molecule has 1 rings (SSSR count). The van der Waals surface area contributed by atoms with E-state index < -0.39 is 5.97 Å². The number of aromatic nitrogens is 1. The number of hydrogen-bond donors (Lipinski definition) is 1. The number of carbonyl (C=O) groups is 1. The van der Waals surface area contributed by atoms with Crippen molar-refractivity contribution in [3.8, 4) is 5.88 Å². The Hall–Kier alpha value is -1.56. The highest BCUT2D eigenvalue weighted by molar-refractivity contribution is 5.68. The minimum atomic E-state index is -0.969. The van der Waals surface area contributed by atoms with Crippen molar-refractivity contribution in [3.05, 3.63) is 11.7 Å². The standard InChI is InChI=1S/C10H16N2O4/c1-12(2)5-4-7-10(15-3)11-8(16-7)6-9(13)14/h4-6H2,1-3H3,(H,13,14). The van der Waals surface area contributed by atoms with E-state index in [4.69, 9.17) is 14.3 Å². The SMILES string of the molecule is COc1nc(CC(=O)O)oc1CCN(C)C. The molecule has 0 aliphatic rings. The van der Waals surface area contributed by atoms with Crippen molar-refractivity contribution in [1.82, 2.24) is 9.88 Å². The number of rotatable bonds is 6. The first kappa shape index (κ1) is 12.5. The van der Waals surface area contributed by atoms with Gasteiger partial charge in [-0.1, -0.05) is 0 Å². The summed E-state index contributed by atoms with van der Waals surface area (Å²) in [5, 5.41) is 8.61. The predicted octanol–water partition coefficient (Wildman–Crippen LogP) is 0.414. The molecule has 0 unspecified atom stereocenters. The average molecular weight is 228 g/mol. The van der Waals surface area contributed by atoms with Gasteiger partial charge < -0.3 is 19.2 Å². The second kappa shape index (κ2) is 5.50. The van der Waals surface area contributed by atoms with Crippen LogP contribution >= 0.6 is 0 Å². The number of likely N-dealkylation sites (N-methyl/N-ethyl adjacent to an activating group) is 1. The first-order valence-corrected chi connectivity index (χ1v) is 4.92. The third-order valence-corrected chi connectivity index (χ3v) is 1.99. The Morgan fingerprint density at radius 3 is 2.75 bits per heavy atom. The lowest BCUT2D eigenvalue weighted by atomic mass is 10.3. The summed E-state index contributed by atoms with van der Waals surface area (Å²) in [5.74, 6) is 0.173. The largest absolute Gasteiger partial charge is 0.481 e. The van der Waals surface area contributed by atoms with E-state index in [-0.39, 0.29) is 12.3 Å². The molecule has 0 radical (unpaired) electrons. The zero-order valence-electron chi connectivity index (χ0n) is 9.69. The van der Waals surface area contributed by atoms with Gasteiger partial charge in [-0.15, -0.1) is 0 Å². The van der Waals surface area contributed by atoms with Crippen LogP contribution in [0.25, 0.3) is 0 Å². The fourth-order valence-corrected chi connectivity index (χ4v) is 1.23. The van der Waals surface area contributed by atoms with Gasteiger partial charge in [-0.25, -0.2) is 0 Å². The quantitative estimate of drug-likeness (QED) is 0.760. The fourth-order valence-electron chi connectivity index (χ4n) is 1.23. The molecular formula is C10H16N2O4. The Balaban J connectivity index is 2.73. The third-order valence-electron chi connectivity index (χ3n) is 1.99. The molecule has 90 valence electrons. The third kappa shape index (κ3) is 3.54. The molecule has 0 saturated heterocycles. The molecule has 0 atom stereocenters. The number of nitrogens with zero attached hydrogens (tertiary/aromatic N) is 2. The van der Waals surface area contributed by atoms with Gasteiger partial charge in [0.2, 0.25) is 5.89 Å². The lowest BCUT2D eigenvalue weighted by Gasteiger charge is -2.07. The van der Waals surface area contributed by atoms with Crippen molar-refractivity contribution in [2.24, 2.45) is 0 Å². The molecule has 6 heteroatoms. The van der Waals surface area contributed by atoms with Crippen molar-refractivity contribution in [2.45, 2.75) is 12.8 Å². The predicted molar refractivity (Wildman–Crippen MR) is 56.7 cm³/mol.